The van der Waals surface area contributed by atoms with Crippen LogP contribution in [-0.2, 0) is 11.2 Å². The fourth-order valence-corrected chi connectivity index (χ4v) is 2.53. The fourth-order valence-electron chi connectivity index (χ4n) is 2.35. The van der Waals surface area contributed by atoms with E-state index in [0.717, 1.165) is 0 Å². The summed E-state index contributed by atoms with van der Waals surface area (Å²) in [5.41, 5.74) is 0.785. The van der Waals surface area contributed by atoms with Crippen LogP contribution in [0.4, 0.5) is 5.69 Å². The molecule has 0 aliphatic carbocycles. The zero-order chi connectivity index (χ0) is 17.0. The molecule has 2 aromatic rings. The lowest BCUT2D eigenvalue weighted by Crippen LogP contribution is -2.15. The Bertz CT molecular complexity index is 747. The van der Waals surface area contributed by atoms with E-state index < -0.39 is 16.8 Å². The van der Waals surface area contributed by atoms with E-state index in [1.807, 2.05) is 0 Å². The second kappa shape index (κ2) is 7.11. The van der Waals surface area contributed by atoms with Gasteiger partial charge in [0.25, 0.3) is 5.69 Å². The number of methoxy groups -OCH3 is 1. The molecule has 0 fully saturated rings. The van der Waals surface area contributed by atoms with Crippen molar-refractivity contribution >= 4 is 23.3 Å². The highest BCUT2D eigenvalue weighted by Gasteiger charge is 2.25. The summed E-state index contributed by atoms with van der Waals surface area (Å²) >= 11 is 5.78. The van der Waals surface area contributed by atoms with Crippen molar-refractivity contribution in [3.63, 3.8) is 0 Å². The summed E-state index contributed by atoms with van der Waals surface area (Å²) in [6, 6.07) is 11.1. The molecule has 6 nitrogen and oxygen atoms in total. The summed E-state index contributed by atoms with van der Waals surface area (Å²) in [5.74, 6) is -1.46. The predicted octanol–water partition coefficient (Wildman–Crippen LogP) is 3.67. The van der Waals surface area contributed by atoms with Gasteiger partial charge in [0.05, 0.1) is 18.0 Å². The van der Waals surface area contributed by atoms with Gasteiger partial charge in [0, 0.05) is 11.6 Å². The number of hydrogen-bond acceptors (Lipinski definition) is 4. The maximum atomic E-state index is 11.6. The van der Waals surface area contributed by atoms with Gasteiger partial charge in [-0.1, -0.05) is 35.9 Å². The molecule has 120 valence electrons. The van der Waals surface area contributed by atoms with Crippen LogP contribution in [0.2, 0.25) is 5.02 Å². The first-order valence-electron chi connectivity index (χ1n) is 6.72. The van der Waals surface area contributed by atoms with Crippen molar-refractivity contribution in [1.29, 1.82) is 0 Å². The molecule has 0 saturated heterocycles. The summed E-state index contributed by atoms with van der Waals surface area (Å²) in [7, 11) is 1.46. The summed E-state index contributed by atoms with van der Waals surface area (Å²) < 4.78 is 5.20. The molecule has 0 aromatic heterocycles. The number of aliphatic carboxylic acids is 1. The molecular weight excluding hydrogens is 322 g/mol. The molecule has 7 heteroatoms. The van der Waals surface area contributed by atoms with E-state index in [9.17, 15) is 20.0 Å². The van der Waals surface area contributed by atoms with Gasteiger partial charge in [-0.05, 0) is 24.1 Å². The van der Waals surface area contributed by atoms with E-state index in [4.69, 9.17) is 16.3 Å². The number of ether oxygens (including phenoxy) is 1. The van der Waals surface area contributed by atoms with E-state index in [1.165, 1.54) is 19.2 Å². The molecular formula is C16H14ClNO5. The standard InChI is InChI=1S/C16H14ClNO5/c1-23-15-5-3-2-4-11(15)12(16(19)20)8-10-6-7-13(17)14(9-10)18(21)22/h2-7,9,12H,8H2,1H3,(H,19,20). The lowest BCUT2D eigenvalue weighted by molar-refractivity contribution is -0.384. The quantitative estimate of drug-likeness (QED) is 0.642. The molecule has 0 aliphatic heterocycles. The van der Waals surface area contributed by atoms with E-state index in [-0.39, 0.29) is 17.1 Å². The van der Waals surface area contributed by atoms with Crippen LogP contribution in [0.1, 0.15) is 17.0 Å². The minimum absolute atomic E-state index is 0.0166. The summed E-state index contributed by atoms with van der Waals surface area (Å²) in [4.78, 5) is 22.0. The largest absolute Gasteiger partial charge is 0.496 e. The smallest absolute Gasteiger partial charge is 0.311 e. The number of carboxylic acids is 1. The lowest BCUT2D eigenvalue weighted by atomic mass is 9.91. The minimum atomic E-state index is -1.04. The van der Waals surface area contributed by atoms with Gasteiger partial charge in [-0.15, -0.1) is 0 Å². The highest BCUT2D eigenvalue weighted by atomic mass is 35.5. The van der Waals surface area contributed by atoms with Crippen molar-refractivity contribution in [2.24, 2.45) is 0 Å². The van der Waals surface area contributed by atoms with Crippen LogP contribution >= 0.6 is 11.6 Å². The van der Waals surface area contributed by atoms with E-state index in [0.29, 0.717) is 16.9 Å². The Hall–Kier alpha value is -2.60. The van der Waals surface area contributed by atoms with Crippen LogP contribution in [0.3, 0.4) is 0 Å². The third-order valence-electron chi connectivity index (χ3n) is 3.46. The maximum absolute atomic E-state index is 11.6. The number of para-hydroxylation sites is 1. The van der Waals surface area contributed by atoms with Gasteiger partial charge in [-0.3, -0.25) is 14.9 Å². The predicted molar refractivity (Wildman–Crippen MR) is 85.2 cm³/mol. The van der Waals surface area contributed by atoms with Gasteiger partial charge < -0.3 is 9.84 Å². The third kappa shape index (κ3) is 3.78. The van der Waals surface area contributed by atoms with Crippen molar-refractivity contribution in [3.05, 3.63) is 68.7 Å². The second-order valence-electron chi connectivity index (χ2n) is 4.88. The molecule has 0 spiro atoms. The number of carbonyl (C=O) groups is 1. The van der Waals surface area contributed by atoms with E-state index >= 15 is 0 Å². The number of nitrogens with zero attached hydrogens (tertiary/aromatic N) is 1. The van der Waals surface area contributed by atoms with Gasteiger partial charge in [-0.2, -0.15) is 0 Å². The normalized spacial score (nSPS) is 11.7. The lowest BCUT2D eigenvalue weighted by Gasteiger charge is -2.16. The molecule has 2 rings (SSSR count). The Kier molecular flexibility index (Phi) is 5.18. The topological polar surface area (TPSA) is 89.7 Å². The molecule has 1 unspecified atom stereocenters. The first-order chi connectivity index (χ1) is 10.9. The Morgan fingerprint density at radius 1 is 1.35 bits per heavy atom. The van der Waals surface area contributed by atoms with Gasteiger partial charge >= 0.3 is 5.97 Å². The average Bonchev–Trinajstić information content (AvgIpc) is 2.53. The van der Waals surface area contributed by atoms with Crippen molar-refractivity contribution in [1.82, 2.24) is 0 Å². The van der Waals surface area contributed by atoms with Crippen molar-refractivity contribution < 1.29 is 19.6 Å². The number of benzene rings is 2. The summed E-state index contributed by atoms with van der Waals surface area (Å²) in [6.45, 7) is 0. The Morgan fingerprint density at radius 3 is 2.65 bits per heavy atom. The zero-order valence-corrected chi connectivity index (χ0v) is 13.0. The van der Waals surface area contributed by atoms with Gasteiger partial charge in [0.15, 0.2) is 0 Å². The number of rotatable bonds is 6. The molecule has 0 radical (unpaired) electrons. The highest BCUT2D eigenvalue weighted by Crippen LogP contribution is 2.32. The van der Waals surface area contributed by atoms with Crippen molar-refractivity contribution in [3.8, 4) is 5.75 Å². The maximum Gasteiger partial charge on any atom is 0.311 e. The Balaban J connectivity index is 2.39. The molecule has 0 amide bonds. The van der Waals surface area contributed by atoms with Crippen LogP contribution in [0.15, 0.2) is 42.5 Å². The number of nitro groups is 1. The minimum Gasteiger partial charge on any atom is -0.496 e. The first kappa shape index (κ1) is 16.8. The van der Waals surface area contributed by atoms with Crippen molar-refractivity contribution in [2.45, 2.75) is 12.3 Å². The van der Waals surface area contributed by atoms with Gasteiger partial charge in [0.2, 0.25) is 0 Å². The van der Waals surface area contributed by atoms with Crippen LogP contribution in [0.25, 0.3) is 0 Å². The first-order valence-corrected chi connectivity index (χ1v) is 7.10. The number of carboxylic acid groups (broad SMARTS) is 1. The molecule has 0 aliphatic rings. The number of halogens is 1. The van der Waals surface area contributed by atoms with Crippen LogP contribution < -0.4 is 4.74 Å². The number of nitro benzene ring substituents is 1. The Labute approximate surface area is 137 Å². The van der Waals surface area contributed by atoms with E-state index in [1.54, 1.807) is 30.3 Å². The average molecular weight is 336 g/mol. The summed E-state index contributed by atoms with van der Waals surface area (Å²) in [5, 5.41) is 20.5. The molecule has 0 bridgehead atoms. The fraction of sp³-hybridized carbons (Fsp3) is 0.188. The van der Waals surface area contributed by atoms with Crippen LogP contribution in [0, 0.1) is 10.1 Å². The second-order valence-corrected chi connectivity index (χ2v) is 5.29. The highest BCUT2D eigenvalue weighted by molar-refractivity contribution is 6.32. The molecule has 1 N–H and O–H groups in total. The molecule has 2 aromatic carbocycles. The zero-order valence-electron chi connectivity index (χ0n) is 12.2. The summed E-state index contributed by atoms with van der Waals surface area (Å²) in [6.07, 6.45) is 0.0910. The van der Waals surface area contributed by atoms with Crippen LogP contribution in [-0.4, -0.2) is 23.1 Å². The molecule has 0 saturated carbocycles. The molecule has 1 atom stereocenters. The molecule has 23 heavy (non-hydrogen) atoms. The van der Waals surface area contributed by atoms with Crippen molar-refractivity contribution in [2.75, 3.05) is 7.11 Å². The third-order valence-corrected chi connectivity index (χ3v) is 3.78. The monoisotopic (exact) mass is 335 g/mol. The van der Waals surface area contributed by atoms with Gasteiger partial charge in [-0.25, -0.2) is 0 Å². The molecule has 0 heterocycles. The SMILES string of the molecule is COc1ccccc1C(Cc1ccc(Cl)c([N+](=O)[O-])c1)C(=O)O. The number of hydrogen-bond donors (Lipinski definition) is 1. The Morgan fingerprint density at radius 2 is 2.04 bits per heavy atom. The van der Waals surface area contributed by atoms with Crippen LogP contribution in [0.5, 0.6) is 5.75 Å². The van der Waals surface area contributed by atoms with Gasteiger partial charge in [0.1, 0.15) is 10.8 Å². The van der Waals surface area contributed by atoms with E-state index in [2.05, 4.69) is 0 Å².